The van der Waals surface area contributed by atoms with Gasteiger partial charge in [0.2, 0.25) is 5.95 Å². The summed E-state index contributed by atoms with van der Waals surface area (Å²) in [4.78, 5) is 8.25. The van der Waals surface area contributed by atoms with Crippen LogP contribution in [0, 0.1) is 6.92 Å². The second-order valence-electron chi connectivity index (χ2n) is 2.87. The highest BCUT2D eigenvalue weighted by molar-refractivity contribution is 5.25. The van der Waals surface area contributed by atoms with Crippen molar-refractivity contribution in [3.63, 3.8) is 0 Å². The van der Waals surface area contributed by atoms with Gasteiger partial charge in [0.05, 0.1) is 6.54 Å². The quantitative estimate of drug-likeness (QED) is 0.792. The average Bonchev–Trinajstić information content (AvgIpc) is 2.67. The zero-order valence-electron chi connectivity index (χ0n) is 7.77. The van der Waals surface area contributed by atoms with Crippen molar-refractivity contribution in [2.75, 3.05) is 5.32 Å². The molecule has 0 amide bonds. The molecule has 0 saturated carbocycles. The topological polar surface area (TPSA) is 63.8 Å². The molecule has 72 valence electrons. The largest absolute Gasteiger partial charge is 0.364 e. The van der Waals surface area contributed by atoms with Crippen molar-refractivity contribution < 1.29 is 4.52 Å². The number of nitrogens with zero attached hydrogens (tertiary/aromatic N) is 3. The average molecular weight is 190 g/mol. The summed E-state index contributed by atoms with van der Waals surface area (Å²) in [5.74, 6) is 0.605. The fourth-order valence-electron chi connectivity index (χ4n) is 1.03. The minimum absolute atomic E-state index is 0.569. The van der Waals surface area contributed by atoms with E-state index in [0.717, 1.165) is 11.4 Å². The zero-order chi connectivity index (χ0) is 9.80. The van der Waals surface area contributed by atoms with Crippen molar-refractivity contribution in [3.05, 3.63) is 36.0 Å². The van der Waals surface area contributed by atoms with Crippen LogP contribution < -0.4 is 5.32 Å². The molecule has 0 spiro atoms. The van der Waals surface area contributed by atoms with Crippen LogP contribution in [0.4, 0.5) is 5.95 Å². The Morgan fingerprint density at radius 1 is 1.43 bits per heavy atom. The van der Waals surface area contributed by atoms with Crippen molar-refractivity contribution in [1.82, 2.24) is 15.1 Å². The second-order valence-corrected chi connectivity index (χ2v) is 2.87. The molecule has 2 rings (SSSR count). The second kappa shape index (κ2) is 3.87. The molecule has 0 aliphatic carbocycles. The van der Waals surface area contributed by atoms with Gasteiger partial charge in [0.1, 0.15) is 12.0 Å². The van der Waals surface area contributed by atoms with Crippen molar-refractivity contribution in [2.45, 2.75) is 13.5 Å². The van der Waals surface area contributed by atoms with Crippen LogP contribution in [0.3, 0.4) is 0 Å². The Kier molecular flexibility index (Phi) is 2.40. The molecule has 0 aromatic carbocycles. The van der Waals surface area contributed by atoms with Crippen molar-refractivity contribution in [1.29, 1.82) is 0 Å². The van der Waals surface area contributed by atoms with Crippen LogP contribution in [0.15, 0.2) is 29.1 Å². The molecule has 2 heterocycles. The molecule has 0 aliphatic heterocycles. The summed E-state index contributed by atoms with van der Waals surface area (Å²) in [6, 6.07) is 3.64. The van der Waals surface area contributed by atoms with E-state index in [2.05, 4.69) is 20.4 Å². The predicted molar refractivity (Wildman–Crippen MR) is 50.6 cm³/mol. The van der Waals surface area contributed by atoms with E-state index in [0.29, 0.717) is 12.5 Å². The van der Waals surface area contributed by atoms with Gasteiger partial charge in [0, 0.05) is 18.0 Å². The number of hydrogen-bond acceptors (Lipinski definition) is 5. The van der Waals surface area contributed by atoms with Crippen LogP contribution >= 0.6 is 0 Å². The van der Waals surface area contributed by atoms with Crippen LogP contribution in [0.2, 0.25) is 0 Å². The van der Waals surface area contributed by atoms with Crippen LogP contribution in [-0.2, 0) is 6.54 Å². The third-order valence-electron chi connectivity index (χ3n) is 1.71. The molecule has 0 unspecified atom stereocenters. The first-order chi connectivity index (χ1) is 6.84. The van der Waals surface area contributed by atoms with Gasteiger partial charge in [0.15, 0.2) is 0 Å². The van der Waals surface area contributed by atoms with Crippen LogP contribution in [0.5, 0.6) is 0 Å². The fourth-order valence-corrected chi connectivity index (χ4v) is 1.03. The van der Waals surface area contributed by atoms with E-state index in [-0.39, 0.29) is 0 Å². The first-order valence-corrected chi connectivity index (χ1v) is 4.27. The van der Waals surface area contributed by atoms with Gasteiger partial charge >= 0.3 is 0 Å². The van der Waals surface area contributed by atoms with Crippen LogP contribution in [0.1, 0.15) is 11.4 Å². The number of aromatic nitrogens is 3. The monoisotopic (exact) mass is 190 g/mol. The predicted octanol–water partition coefficient (Wildman–Crippen LogP) is 1.39. The molecule has 1 N–H and O–H groups in total. The molecule has 0 bridgehead atoms. The SMILES string of the molecule is Cc1ccnc(NCc2ccon2)n1. The zero-order valence-corrected chi connectivity index (χ0v) is 7.77. The molecular weight excluding hydrogens is 180 g/mol. The van der Waals surface area contributed by atoms with Crippen LogP contribution in [-0.4, -0.2) is 15.1 Å². The first-order valence-electron chi connectivity index (χ1n) is 4.27. The molecule has 5 heteroatoms. The lowest BCUT2D eigenvalue weighted by atomic mass is 10.4. The molecule has 0 fully saturated rings. The Bertz CT molecular complexity index is 399. The Morgan fingerprint density at radius 3 is 3.07 bits per heavy atom. The number of aryl methyl sites for hydroxylation is 1. The van der Waals surface area contributed by atoms with Gasteiger partial charge in [0.25, 0.3) is 0 Å². The highest BCUT2D eigenvalue weighted by atomic mass is 16.5. The smallest absolute Gasteiger partial charge is 0.223 e. The summed E-state index contributed by atoms with van der Waals surface area (Å²) in [6.45, 7) is 2.49. The maximum atomic E-state index is 4.70. The Labute approximate surface area is 81.2 Å². The summed E-state index contributed by atoms with van der Waals surface area (Å²) in [7, 11) is 0. The summed E-state index contributed by atoms with van der Waals surface area (Å²) in [5.41, 5.74) is 1.76. The Morgan fingerprint density at radius 2 is 2.36 bits per heavy atom. The van der Waals surface area contributed by atoms with Crippen LogP contribution in [0.25, 0.3) is 0 Å². The fraction of sp³-hybridized carbons (Fsp3) is 0.222. The standard InChI is InChI=1S/C9H10N4O/c1-7-2-4-10-9(12-7)11-6-8-3-5-14-13-8/h2-5H,6H2,1H3,(H,10,11,12). The number of rotatable bonds is 3. The number of hydrogen-bond donors (Lipinski definition) is 1. The van der Waals surface area contributed by atoms with Crippen molar-refractivity contribution in [2.24, 2.45) is 0 Å². The van der Waals surface area contributed by atoms with Crippen molar-refractivity contribution >= 4 is 5.95 Å². The molecule has 0 saturated heterocycles. The minimum atomic E-state index is 0.569. The highest BCUT2D eigenvalue weighted by Crippen LogP contribution is 2.01. The molecule has 0 radical (unpaired) electrons. The summed E-state index contributed by atoms with van der Waals surface area (Å²) in [5, 5.41) is 6.80. The third-order valence-corrected chi connectivity index (χ3v) is 1.71. The van der Waals surface area contributed by atoms with Gasteiger partial charge in [-0.2, -0.15) is 0 Å². The van der Waals surface area contributed by atoms with Gasteiger partial charge in [-0.25, -0.2) is 9.97 Å². The molecule has 5 nitrogen and oxygen atoms in total. The number of anilines is 1. The molecule has 14 heavy (non-hydrogen) atoms. The highest BCUT2D eigenvalue weighted by Gasteiger charge is 1.98. The molecule has 0 aliphatic rings. The van der Waals surface area contributed by atoms with E-state index in [1.165, 1.54) is 6.26 Å². The van der Waals surface area contributed by atoms with Gasteiger partial charge in [-0.3, -0.25) is 0 Å². The Balaban J connectivity index is 1.98. The minimum Gasteiger partial charge on any atom is -0.364 e. The lowest BCUT2D eigenvalue weighted by Crippen LogP contribution is -2.03. The normalized spacial score (nSPS) is 10.1. The summed E-state index contributed by atoms with van der Waals surface area (Å²) >= 11 is 0. The maximum Gasteiger partial charge on any atom is 0.223 e. The maximum absolute atomic E-state index is 4.70. The van der Waals surface area contributed by atoms with E-state index in [1.54, 1.807) is 12.3 Å². The molecule has 2 aromatic rings. The number of nitrogens with one attached hydrogen (secondary N) is 1. The van der Waals surface area contributed by atoms with Gasteiger partial charge < -0.3 is 9.84 Å². The van der Waals surface area contributed by atoms with Crippen molar-refractivity contribution in [3.8, 4) is 0 Å². The Hall–Kier alpha value is -1.91. The molecule has 0 atom stereocenters. The van der Waals surface area contributed by atoms with E-state index in [1.807, 2.05) is 13.0 Å². The molecule has 2 aromatic heterocycles. The summed E-state index contributed by atoms with van der Waals surface area (Å²) in [6.07, 6.45) is 3.25. The van der Waals surface area contributed by atoms with E-state index >= 15 is 0 Å². The third kappa shape index (κ3) is 2.07. The summed E-state index contributed by atoms with van der Waals surface area (Å²) < 4.78 is 4.70. The van der Waals surface area contributed by atoms with E-state index < -0.39 is 0 Å². The van der Waals surface area contributed by atoms with E-state index in [9.17, 15) is 0 Å². The van der Waals surface area contributed by atoms with E-state index in [4.69, 9.17) is 4.52 Å². The lowest BCUT2D eigenvalue weighted by Gasteiger charge is -2.01. The first kappa shape index (κ1) is 8.68. The van der Waals surface area contributed by atoms with Gasteiger partial charge in [-0.05, 0) is 13.0 Å². The lowest BCUT2D eigenvalue weighted by molar-refractivity contribution is 0.412. The van der Waals surface area contributed by atoms with Gasteiger partial charge in [-0.1, -0.05) is 5.16 Å². The van der Waals surface area contributed by atoms with Gasteiger partial charge in [-0.15, -0.1) is 0 Å². The molecular formula is C9H10N4O.